The maximum absolute atomic E-state index is 13.2. The fourth-order valence-corrected chi connectivity index (χ4v) is 4.73. The van der Waals surface area contributed by atoms with Crippen molar-refractivity contribution in [3.8, 4) is 5.75 Å². The van der Waals surface area contributed by atoms with Gasteiger partial charge < -0.3 is 20.3 Å². The number of nitrogens with one attached hydrogen (secondary N) is 1. The number of thiazole rings is 1. The van der Waals surface area contributed by atoms with Gasteiger partial charge in [0, 0.05) is 51.0 Å². The molecule has 13 heteroatoms. The number of phenolic OH excluding ortho intramolecular Hbond substituents is 1. The molecule has 0 bridgehead atoms. The molecule has 4 N–H and O–H groups in total. The van der Waals surface area contributed by atoms with Crippen molar-refractivity contribution in [2.24, 2.45) is 5.73 Å². The Morgan fingerprint density at radius 2 is 1.83 bits per heavy atom. The Bertz CT molecular complexity index is 1210. The summed E-state index contributed by atoms with van der Waals surface area (Å²) in [7, 11) is 3.16. The van der Waals surface area contributed by atoms with Crippen LogP contribution in [-0.4, -0.2) is 61.4 Å². The molecule has 0 fully saturated rings. The molecule has 0 saturated heterocycles. The average molecular weight is 547 g/mol. The van der Waals surface area contributed by atoms with E-state index in [-0.39, 0.29) is 50.3 Å². The first-order valence-corrected chi connectivity index (χ1v) is 12.0. The fraction of sp³-hybridized carbons (Fsp3) is 0.391. The van der Waals surface area contributed by atoms with Gasteiger partial charge in [-0.3, -0.25) is 15.0 Å². The van der Waals surface area contributed by atoms with E-state index >= 15 is 0 Å². The predicted octanol–water partition coefficient (Wildman–Crippen LogP) is 4.48. The van der Waals surface area contributed by atoms with Gasteiger partial charge in [-0.25, -0.2) is 4.98 Å². The van der Waals surface area contributed by atoms with E-state index in [1.165, 1.54) is 6.07 Å². The van der Waals surface area contributed by atoms with Gasteiger partial charge in [-0.15, -0.1) is 0 Å². The molecule has 0 aliphatic carbocycles. The topological polar surface area (TPSA) is 110 Å². The van der Waals surface area contributed by atoms with Crippen LogP contribution in [0.1, 0.15) is 27.0 Å². The second-order valence-corrected chi connectivity index (χ2v) is 9.35. The lowest BCUT2D eigenvalue weighted by Gasteiger charge is -2.22. The van der Waals surface area contributed by atoms with Gasteiger partial charge in [0.2, 0.25) is 0 Å². The third kappa shape index (κ3) is 6.84. The molecule has 1 heterocycles. The molecule has 0 saturated carbocycles. The average Bonchev–Trinajstić information content (AvgIpc) is 3.23. The van der Waals surface area contributed by atoms with Crippen molar-refractivity contribution in [1.82, 2.24) is 9.88 Å². The third-order valence-corrected chi connectivity index (χ3v) is 6.49. The molecule has 0 unspecified atom stereocenters. The van der Waals surface area contributed by atoms with E-state index in [9.17, 15) is 23.1 Å². The number of hydrogen-bond donors (Lipinski definition) is 3. The summed E-state index contributed by atoms with van der Waals surface area (Å²) in [6.45, 7) is 2.15. The SMILES string of the molecule is COCCN(CCOC)Cc1cc(Cl)cc(C(=O)Nc2nc3c(CN)cc(C(F)(F)F)cc3s2)c1O. The van der Waals surface area contributed by atoms with Gasteiger partial charge in [-0.05, 0) is 29.8 Å². The zero-order valence-corrected chi connectivity index (χ0v) is 21.2. The van der Waals surface area contributed by atoms with Gasteiger partial charge in [-0.1, -0.05) is 22.9 Å². The lowest BCUT2D eigenvalue weighted by atomic mass is 10.1. The number of amides is 1. The number of benzene rings is 2. The maximum atomic E-state index is 13.2. The van der Waals surface area contributed by atoms with E-state index in [0.717, 1.165) is 23.5 Å². The third-order valence-electron chi connectivity index (χ3n) is 5.36. The molecule has 0 spiro atoms. The number of aromatic nitrogens is 1. The Morgan fingerprint density at radius 3 is 2.42 bits per heavy atom. The van der Waals surface area contributed by atoms with Gasteiger partial charge >= 0.3 is 6.18 Å². The van der Waals surface area contributed by atoms with Gasteiger partial charge in [0.25, 0.3) is 5.91 Å². The first-order valence-electron chi connectivity index (χ1n) is 10.8. The largest absolute Gasteiger partial charge is 0.507 e. The summed E-state index contributed by atoms with van der Waals surface area (Å²) in [5.74, 6) is -0.971. The Balaban J connectivity index is 1.88. The van der Waals surface area contributed by atoms with E-state index in [4.69, 9.17) is 26.8 Å². The molecule has 0 atom stereocenters. The predicted molar refractivity (Wildman–Crippen MR) is 133 cm³/mol. The summed E-state index contributed by atoms with van der Waals surface area (Å²) in [4.78, 5) is 19.2. The van der Waals surface area contributed by atoms with Crippen molar-refractivity contribution in [2.45, 2.75) is 19.3 Å². The normalized spacial score (nSPS) is 12.0. The van der Waals surface area contributed by atoms with E-state index in [1.807, 2.05) is 4.90 Å². The van der Waals surface area contributed by atoms with Crippen LogP contribution in [0.25, 0.3) is 10.2 Å². The lowest BCUT2D eigenvalue weighted by molar-refractivity contribution is -0.137. The number of anilines is 1. The molecule has 196 valence electrons. The summed E-state index contributed by atoms with van der Waals surface area (Å²) >= 11 is 7.11. The van der Waals surface area contributed by atoms with Crippen LogP contribution in [-0.2, 0) is 28.7 Å². The van der Waals surface area contributed by atoms with Gasteiger partial charge in [-0.2, -0.15) is 13.2 Å². The van der Waals surface area contributed by atoms with Gasteiger partial charge in [0.1, 0.15) is 5.75 Å². The number of halogens is 4. The standard InChI is InChI=1S/C23H26ClF3N4O4S/c1-34-5-3-31(4-6-35-2)12-14-8-16(24)10-17(20(14)32)21(33)30-22-29-19-13(11-28)7-15(23(25,26)27)9-18(19)36-22/h7-10,32H,3-6,11-12,28H2,1-2H3,(H,29,30,33). The Hall–Kier alpha value is -2.48. The second-order valence-electron chi connectivity index (χ2n) is 7.88. The van der Waals surface area contributed by atoms with E-state index < -0.39 is 17.6 Å². The quantitative estimate of drug-likeness (QED) is 0.325. The van der Waals surface area contributed by atoms with Crippen molar-refractivity contribution >= 4 is 44.2 Å². The number of hydrogen-bond acceptors (Lipinski definition) is 8. The van der Waals surface area contributed by atoms with Crippen molar-refractivity contribution in [2.75, 3.05) is 45.8 Å². The smallest absolute Gasteiger partial charge is 0.416 e. The summed E-state index contributed by atoms with van der Waals surface area (Å²) in [5, 5.41) is 13.7. The van der Waals surface area contributed by atoms with E-state index in [1.54, 1.807) is 20.3 Å². The molecule has 1 aromatic heterocycles. The molecule has 2 aromatic carbocycles. The number of phenols is 1. The van der Waals surface area contributed by atoms with E-state index in [0.29, 0.717) is 31.9 Å². The molecular formula is C23H26ClF3N4O4S. The Morgan fingerprint density at radius 1 is 1.17 bits per heavy atom. The monoisotopic (exact) mass is 546 g/mol. The minimum Gasteiger partial charge on any atom is -0.507 e. The zero-order valence-electron chi connectivity index (χ0n) is 19.6. The highest BCUT2D eigenvalue weighted by molar-refractivity contribution is 7.22. The summed E-state index contributed by atoms with van der Waals surface area (Å²) in [5.41, 5.74) is 5.58. The highest BCUT2D eigenvalue weighted by atomic mass is 35.5. The number of methoxy groups -OCH3 is 2. The number of aromatic hydroxyl groups is 1. The lowest BCUT2D eigenvalue weighted by Crippen LogP contribution is -2.30. The number of carbonyl (C=O) groups excluding carboxylic acids is 1. The van der Waals surface area contributed by atoms with E-state index in [2.05, 4.69) is 10.3 Å². The number of nitrogens with zero attached hydrogens (tertiary/aromatic N) is 2. The molecule has 8 nitrogen and oxygen atoms in total. The Labute approximate surface area is 214 Å². The minimum atomic E-state index is -4.55. The number of nitrogens with two attached hydrogens (primary N) is 1. The van der Waals surface area contributed by atoms with Crippen molar-refractivity contribution in [1.29, 1.82) is 0 Å². The molecule has 3 aromatic rings. The molecule has 36 heavy (non-hydrogen) atoms. The van der Waals surface area contributed by atoms with Crippen molar-refractivity contribution in [3.05, 3.63) is 51.5 Å². The van der Waals surface area contributed by atoms with Crippen LogP contribution in [0.3, 0.4) is 0 Å². The first kappa shape index (κ1) is 28.1. The maximum Gasteiger partial charge on any atom is 0.416 e. The number of carbonyl (C=O) groups is 1. The van der Waals surface area contributed by atoms with Crippen LogP contribution in [0.4, 0.5) is 18.3 Å². The highest BCUT2D eigenvalue weighted by Crippen LogP contribution is 2.37. The number of rotatable bonds is 11. The molecule has 3 rings (SSSR count). The fourth-order valence-electron chi connectivity index (χ4n) is 3.54. The van der Waals surface area contributed by atoms with Crippen molar-refractivity contribution in [3.63, 3.8) is 0 Å². The van der Waals surface area contributed by atoms with Crippen LogP contribution in [0.15, 0.2) is 24.3 Å². The van der Waals surface area contributed by atoms with Gasteiger partial charge in [0.15, 0.2) is 5.13 Å². The van der Waals surface area contributed by atoms with Gasteiger partial charge in [0.05, 0.1) is 34.6 Å². The molecular weight excluding hydrogens is 521 g/mol. The van der Waals surface area contributed by atoms with Crippen LogP contribution in [0, 0.1) is 0 Å². The Kier molecular flexibility index (Phi) is 9.50. The summed E-state index contributed by atoms with van der Waals surface area (Å²) in [6, 6.07) is 4.78. The first-order chi connectivity index (χ1) is 17.1. The summed E-state index contributed by atoms with van der Waals surface area (Å²) < 4.78 is 50.2. The van der Waals surface area contributed by atoms with Crippen LogP contribution >= 0.6 is 22.9 Å². The van der Waals surface area contributed by atoms with Crippen molar-refractivity contribution < 1.29 is 32.5 Å². The molecule has 1 amide bonds. The second kappa shape index (κ2) is 12.2. The van der Waals surface area contributed by atoms with Crippen LogP contribution in [0.2, 0.25) is 5.02 Å². The summed E-state index contributed by atoms with van der Waals surface area (Å²) in [6.07, 6.45) is -4.55. The minimum absolute atomic E-state index is 0.0618. The number of fused-ring (bicyclic) bond motifs is 1. The molecule has 0 aliphatic rings. The van der Waals surface area contributed by atoms with Crippen LogP contribution in [0.5, 0.6) is 5.75 Å². The van der Waals surface area contributed by atoms with Crippen LogP contribution < -0.4 is 11.1 Å². The molecule has 0 aliphatic heterocycles. The number of ether oxygens (including phenoxy) is 2. The zero-order chi connectivity index (χ0) is 26.5. The molecule has 0 radical (unpaired) electrons. The number of alkyl halides is 3. The highest BCUT2D eigenvalue weighted by Gasteiger charge is 2.32.